The highest BCUT2D eigenvalue weighted by Crippen LogP contribution is 2.47. The molecule has 8 nitrogen and oxygen atoms in total. The molecule has 0 aliphatic carbocycles. The number of piperidine rings is 1. The van der Waals surface area contributed by atoms with E-state index in [0.717, 1.165) is 25.7 Å². The summed E-state index contributed by atoms with van der Waals surface area (Å²) in [6.45, 7) is 5.10. The Bertz CT molecular complexity index is 977. The Labute approximate surface area is 187 Å². The van der Waals surface area contributed by atoms with Crippen LogP contribution >= 0.6 is 11.8 Å². The summed E-state index contributed by atoms with van der Waals surface area (Å²) in [5.41, 5.74) is 0.384. The molecule has 3 aliphatic rings. The Balaban J connectivity index is 1.59. The Morgan fingerprint density at radius 1 is 1.29 bits per heavy atom. The Morgan fingerprint density at radius 3 is 2.74 bits per heavy atom. The molecule has 3 aliphatic heterocycles. The van der Waals surface area contributed by atoms with Crippen molar-refractivity contribution in [1.82, 2.24) is 9.21 Å². The van der Waals surface area contributed by atoms with Gasteiger partial charge in [-0.1, -0.05) is 6.42 Å². The smallest absolute Gasteiger partial charge is 0.248 e. The van der Waals surface area contributed by atoms with Crippen LogP contribution in [0.4, 0.5) is 5.69 Å². The molecule has 3 fully saturated rings. The van der Waals surface area contributed by atoms with E-state index in [4.69, 9.17) is 4.74 Å². The number of carbonyl (C=O) groups excluding carboxylic acids is 2. The summed E-state index contributed by atoms with van der Waals surface area (Å²) in [7, 11) is -3.74. The zero-order valence-electron chi connectivity index (χ0n) is 17.9. The lowest BCUT2D eigenvalue weighted by Crippen LogP contribution is -2.48. The van der Waals surface area contributed by atoms with Crippen LogP contribution in [-0.2, 0) is 19.6 Å². The topological polar surface area (TPSA) is 96.0 Å². The van der Waals surface area contributed by atoms with Gasteiger partial charge in [0.2, 0.25) is 21.8 Å². The number of amides is 2. The molecular weight excluding hydrogens is 438 g/mol. The quantitative estimate of drug-likeness (QED) is 0.691. The molecule has 2 atom stereocenters. The summed E-state index contributed by atoms with van der Waals surface area (Å²) in [6.07, 6.45) is 3.88. The molecule has 3 heterocycles. The normalized spacial score (nSPS) is 26.7. The van der Waals surface area contributed by atoms with Gasteiger partial charge in [-0.3, -0.25) is 9.59 Å². The first-order valence-electron chi connectivity index (χ1n) is 10.8. The first-order valence-corrected chi connectivity index (χ1v) is 13.2. The van der Waals surface area contributed by atoms with Crippen LogP contribution in [0.25, 0.3) is 0 Å². The maximum Gasteiger partial charge on any atom is 0.248 e. The fourth-order valence-electron chi connectivity index (χ4n) is 4.55. The molecule has 2 amide bonds. The minimum atomic E-state index is -3.74. The number of nitrogens with zero attached hydrogens (tertiary/aromatic N) is 2. The molecule has 2 unspecified atom stereocenters. The third-order valence-electron chi connectivity index (χ3n) is 6.19. The van der Waals surface area contributed by atoms with Gasteiger partial charge < -0.3 is 15.0 Å². The van der Waals surface area contributed by atoms with Gasteiger partial charge in [-0.15, -0.1) is 11.8 Å². The summed E-state index contributed by atoms with van der Waals surface area (Å²) in [4.78, 5) is 26.8. The van der Waals surface area contributed by atoms with E-state index in [0.29, 0.717) is 37.6 Å². The second-order valence-electron chi connectivity index (χ2n) is 8.31. The van der Waals surface area contributed by atoms with Crippen molar-refractivity contribution in [1.29, 1.82) is 0 Å². The van der Waals surface area contributed by atoms with Gasteiger partial charge in [0, 0.05) is 31.0 Å². The fourth-order valence-corrected chi connectivity index (χ4v) is 7.65. The number of ether oxygens (including phenoxy) is 1. The fraction of sp³-hybridized carbons (Fsp3) is 0.619. The number of carbonyl (C=O) groups is 2. The number of hydrogen-bond donors (Lipinski definition) is 1. The van der Waals surface area contributed by atoms with E-state index >= 15 is 0 Å². The Hall–Kier alpha value is -1.78. The minimum absolute atomic E-state index is 0.00675. The molecule has 3 saturated heterocycles. The largest absolute Gasteiger partial charge is 0.492 e. The number of thioether (sulfide) groups is 1. The van der Waals surface area contributed by atoms with Crippen molar-refractivity contribution in [3.63, 3.8) is 0 Å². The van der Waals surface area contributed by atoms with Gasteiger partial charge in [0.25, 0.3) is 0 Å². The first kappa shape index (κ1) is 22.4. The van der Waals surface area contributed by atoms with E-state index in [2.05, 4.69) is 5.32 Å². The van der Waals surface area contributed by atoms with Crippen LogP contribution in [0.3, 0.4) is 0 Å². The summed E-state index contributed by atoms with van der Waals surface area (Å²) < 4.78 is 33.6. The van der Waals surface area contributed by atoms with Gasteiger partial charge >= 0.3 is 0 Å². The maximum absolute atomic E-state index is 13.3. The number of hydrogen-bond acceptors (Lipinski definition) is 6. The standard InChI is InChI=1S/C21H29N3O5S2/c1-3-29-17-8-7-15(13-18(17)31(27,28)23-11-5-4-6-12-23)22-20(26)16-14-30-21(2)10-9-19(25)24(16)21/h7-8,13,16H,3-6,9-12,14H2,1-2H3,(H,22,26). The maximum atomic E-state index is 13.3. The van der Waals surface area contributed by atoms with Gasteiger partial charge in [0.1, 0.15) is 16.7 Å². The highest BCUT2D eigenvalue weighted by Gasteiger charge is 2.52. The predicted octanol–water partition coefficient (Wildman–Crippen LogP) is 2.65. The van der Waals surface area contributed by atoms with Crippen LogP contribution in [0.2, 0.25) is 0 Å². The van der Waals surface area contributed by atoms with E-state index in [1.807, 2.05) is 6.92 Å². The summed E-state index contributed by atoms with van der Waals surface area (Å²) in [5.74, 6) is 0.513. The molecule has 10 heteroatoms. The average Bonchev–Trinajstić information content (AvgIpc) is 3.25. The summed E-state index contributed by atoms with van der Waals surface area (Å²) in [6, 6.07) is 4.15. The third kappa shape index (κ3) is 4.17. The van der Waals surface area contributed by atoms with Crippen molar-refractivity contribution in [2.75, 3.05) is 30.8 Å². The van der Waals surface area contributed by atoms with Gasteiger partial charge in [0.15, 0.2) is 0 Å². The lowest BCUT2D eigenvalue weighted by Gasteiger charge is -2.30. The number of sulfonamides is 1. The molecular formula is C21H29N3O5S2. The summed E-state index contributed by atoms with van der Waals surface area (Å²) in [5, 5.41) is 2.83. The molecule has 31 heavy (non-hydrogen) atoms. The zero-order chi connectivity index (χ0) is 22.2. The highest BCUT2D eigenvalue weighted by molar-refractivity contribution is 8.01. The number of rotatable bonds is 6. The SMILES string of the molecule is CCOc1ccc(NC(=O)C2CSC3(C)CCC(=O)N23)cc1S(=O)(=O)N1CCCCC1. The molecule has 0 bridgehead atoms. The number of fused-ring (bicyclic) bond motifs is 1. The van der Waals surface area contributed by atoms with Crippen LogP contribution in [0.5, 0.6) is 5.75 Å². The van der Waals surface area contributed by atoms with E-state index in [-0.39, 0.29) is 27.3 Å². The monoisotopic (exact) mass is 467 g/mol. The molecule has 1 aromatic carbocycles. The van der Waals surface area contributed by atoms with Gasteiger partial charge in [-0.05, 0) is 51.3 Å². The van der Waals surface area contributed by atoms with Crippen LogP contribution in [0, 0.1) is 0 Å². The molecule has 0 spiro atoms. The van der Waals surface area contributed by atoms with Crippen molar-refractivity contribution in [2.45, 2.75) is 61.8 Å². The molecule has 1 aromatic rings. The first-order chi connectivity index (χ1) is 14.8. The summed E-state index contributed by atoms with van der Waals surface area (Å²) >= 11 is 1.62. The third-order valence-corrected chi connectivity index (χ3v) is 9.62. The van der Waals surface area contributed by atoms with Crippen LogP contribution < -0.4 is 10.1 Å². The number of nitrogens with one attached hydrogen (secondary N) is 1. The molecule has 1 N–H and O–H groups in total. The predicted molar refractivity (Wildman–Crippen MR) is 120 cm³/mol. The van der Waals surface area contributed by atoms with E-state index < -0.39 is 16.1 Å². The second-order valence-corrected chi connectivity index (χ2v) is 11.7. The van der Waals surface area contributed by atoms with Crippen molar-refractivity contribution in [3.05, 3.63) is 18.2 Å². The van der Waals surface area contributed by atoms with Crippen LogP contribution in [0.15, 0.2) is 23.1 Å². The highest BCUT2D eigenvalue weighted by atomic mass is 32.2. The molecule has 4 rings (SSSR count). The van der Waals surface area contributed by atoms with Gasteiger partial charge in [0.05, 0.1) is 11.5 Å². The van der Waals surface area contributed by atoms with E-state index in [1.165, 1.54) is 10.4 Å². The average molecular weight is 468 g/mol. The van der Waals surface area contributed by atoms with Crippen LogP contribution in [0.1, 0.15) is 46.0 Å². The Morgan fingerprint density at radius 2 is 2.03 bits per heavy atom. The lowest BCUT2D eigenvalue weighted by molar-refractivity contribution is -0.135. The molecule has 170 valence electrons. The molecule has 0 saturated carbocycles. The van der Waals surface area contributed by atoms with Crippen molar-refractivity contribution >= 4 is 39.3 Å². The van der Waals surface area contributed by atoms with Gasteiger partial charge in [-0.25, -0.2) is 8.42 Å². The van der Waals surface area contributed by atoms with E-state index in [1.54, 1.807) is 35.7 Å². The van der Waals surface area contributed by atoms with Crippen molar-refractivity contribution in [2.24, 2.45) is 0 Å². The van der Waals surface area contributed by atoms with Crippen LogP contribution in [-0.4, -0.2) is 65.8 Å². The van der Waals surface area contributed by atoms with E-state index in [9.17, 15) is 18.0 Å². The number of benzene rings is 1. The van der Waals surface area contributed by atoms with Crippen molar-refractivity contribution in [3.8, 4) is 5.75 Å². The Kier molecular flexibility index (Phi) is 6.24. The molecule has 0 radical (unpaired) electrons. The van der Waals surface area contributed by atoms with Crippen molar-refractivity contribution < 1.29 is 22.7 Å². The lowest BCUT2D eigenvalue weighted by atomic mass is 10.2. The minimum Gasteiger partial charge on any atom is -0.492 e. The molecule has 0 aromatic heterocycles. The zero-order valence-corrected chi connectivity index (χ0v) is 19.6. The number of anilines is 1. The van der Waals surface area contributed by atoms with Gasteiger partial charge in [-0.2, -0.15) is 4.31 Å². The second kappa shape index (κ2) is 8.63.